The molecule has 0 spiro atoms. The van der Waals surface area contributed by atoms with E-state index in [1.54, 1.807) is 4.90 Å². The number of amides is 1. The van der Waals surface area contributed by atoms with E-state index in [4.69, 9.17) is 0 Å². The standard InChI is InChI=1S/C23H26F3N5O/c1-14(2)27-21-20-17(23(24,25)26)12-18(28-22(20)30-29-21)16-9-6-10-31(13-16)19(32)11-15-7-4-3-5-8-15/h3-5,7-8,12,14,16H,6,9-11,13H2,1-2H3,(H2,27,28,29,30)/t16-/m0/s1. The van der Waals surface area contributed by atoms with Crippen molar-refractivity contribution < 1.29 is 18.0 Å². The fourth-order valence-electron chi connectivity index (χ4n) is 4.19. The highest BCUT2D eigenvalue weighted by Crippen LogP contribution is 2.39. The molecule has 9 heteroatoms. The van der Waals surface area contributed by atoms with Gasteiger partial charge in [0, 0.05) is 30.7 Å². The Morgan fingerprint density at radius 1 is 1.28 bits per heavy atom. The smallest absolute Gasteiger partial charge is 0.366 e. The quantitative estimate of drug-likeness (QED) is 0.595. The Balaban J connectivity index is 1.62. The van der Waals surface area contributed by atoms with Gasteiger partial charge in [-0.1, -0.05) is 30.3 Å². The number of fused-ring (bicyclic) bond motifs is 1. The van der Waals surface area contributed by atoms with Crippen LogP contribution in [0, 0.1) is 0 Å². The highest BCUT2D eigenvalue weighted by Gasteiger charge is 2.37. The molecule has 0 saturated carbocycles. The first-order valence-electron chi connectivity index (χ1n) is 10.8. The van der Waals surface area contributed by atoms with E-state index in [1.807, 2.05) is 44.2 Å². The molecule has 1 aliphatic heterocycles. The molecule has 4 rings (SSSR count). The Bertz CT molecular complexity index is 1090. The van der Waals surface area contributed by atoms with Gasteiger partial charge in [-0.05, 0) is 38.3 Å². The van der Waals surface area contributed by atoms with Gasteiger partial charge in [0.1, 0.15) is 0 Å². The zero-order valence-electron chi connectivity index (χ0n) is 18.0. The molecule has 1 saturated heterocycles. The molecule has 32 heavy (non-hydrogen) atoms. The van der Waals surface area contributed by atoms with Crippen LogP contribution in [0.15, 0.2) is 36.4 Å². The minimum atomic E-state index is -4.55. The largest absolute Gasteiger partial charge is 0.417 e. The van der Waals surface area contributed by atoms with Crippen LogP contribution in [0.2, 0.25) is 0 Å². The van der Waals surface area contributed by atoms with Crippen molar-refractivity contribution in [3.05, 3.63) is 53.2 Å². The Labute approximate surface area is 184 Å². The Kier molecular flexibility index (Phi) is 6.08. The van der Waals surface area contributed by atoms with Crippen LogP contribution in [0.4, 0.5) is 19.0 Å². The second-order valence-electron chi connectivity index (χ2n) is 8.53. The van der Waals surface area contributed by atoms with E-state index in [0.717, 1.165) is 18.1 Å². The number of aromatic amines is 1. The summed E-state index contributed by atoms with van der Waals surface area (Å²) in [5, 5.41) is 9.57. The second kappa shape index (κ2) is 8.80. The molecule has 3 aromatic rings. The summed E-state index contributed by atoms with van der Waals surface area (Å²) in [5.41, 5.74) is 0.593. The lowest BCUT2D eigenvalue weighted by molar-refractivity contribution is -0.136. The van der Waals surface area contributed by atoms with Crippen molar-refractivity contribution in [3.8, 4) is 0 Å². The SMILES string of the molecule is CC(C)Nc1n[nH]c2nc([C@H]3CCCN(C(=O)Cc4ccccc4)C3)cc(C(F)(F)F)c12. The predicted molar refractivity (Wildman–Crippen MR) is 116 cm³/mol. The van der Waals surface area contributed by atoms with Crippen LogP contribution in [0.25, 0.3) is 11.0 Å². The number of piperidine rings is 1. The molecule has 3 heterocycles. The number of hydrogen-bond donors (Lipinski definition) is 2. The summed E-state index contributed by atoms with van der Waals surface area (Å²) >= 11 is 0. The molecule has 0 unspecified atom stereocenters. The van der Waals surface area contributed by atoms with Crippen molar-refractivity contribution in [1.29, 1.82) is 0 Å². The lowest BCUT2D eigenvalue weighted by Crippen LogP contribution is -2.40. The summed E-state index contributed by atoms with van der Waals surface area (Å²) in [6.07, 6.45) is -2.88. The Morgan fingerprint density at radius 2 is 2.03 bits per heavy atom. The third-order valence-electron chi connectivity index (χ3n) is 5.67. The van der Waals surface area contributed by atoms with E-state index in [1.165, 1.54) is 0 Å². The maximum absolute atomic E-state index is 13.9. The van der Waals surface area contributed by atoms with E-state index in [9.17, 15) is 18.0 Å². The number of rotatable bonds is 5. The van der Waals surface area contributed by atoms with Crippen LogP contribution in [-0.2, 0) is 17.4 Å². The van der Waals surface area contributed by atoms with Gasteiger partial charge >= 0.3 is 6.18 Å². The van der Waals surface area contributed by atoms with Crippen LogP contribution >= 0.6 is 0 Å². The number of nitrogens with zero attached hydrogens (tertiary/aromatic N) is 3. The molecule has 1 amide bonds. The number of anilines is 1. The molecular weight excluding hydrogens is 419 g/mol. The van der Waals surface area contributed by atoms with Crippen molar-refractivity contribution in [2.24, 2.45) is 0 Å². The lowest BCUT2D eigenvalue weighted by atomic mass is 9.92. The van der Waals surface area contributed by atoms with E-state index < -0.39 is 11.7 Å². The normalized spacial score (nSPS) is 17.2. The van der Waals surface area contributed by atoms with Crippen LogP contribution in [-0.4, -0.2) is 45.1 Å². The van der Waals surface area contributed by atoms with Gasteiger partial charge in [-0.15, -0.1) is 0 Å². The number of halogens is 3. The first kappa shape index (κ1) is 22.1. The first-order valence-corrected chi connectivity index (χ1v) is 10.8. The summed E-state index contributed by atoms with van der Waals surface area (Å²) in [6.45, 7) is 4.62. The van der Waals surface area contributed by atoms with Crippen LogP contribution in [0.3, 0.4) is 0 Å². The third kappa shape index (κ3) is 4.71. The molecular formula is C23H26F3N5O. The van der Waals surface area contributed by atoms with Gasteiger partial charge in [0.05, 0.1) is 17.4 Å². The molecule has 2 N–H and O–H groups in total. The number of alkyl halides is 3. The highest BCUT2D eigenvalue weighted by molar-refractivity contribution is 5.91. The van der Waals surface area contributed by atoms with E-state index in [-0.39, 0.29) is 41.1 Å². The average molecular weight is 445 g/mol. The molecule has 170 valence electrons. The predicted octanol–water partition coefficient (Wildman–Crippen LogP) is 4.75. The van der Waals surface area contributed by atoms with Crippen molar-refractivity contribution in [1.82, 2.24) is 20.1 Å². The first-order chi connectivity index (χ1) is 15.2. The minimum absolute atomic E-state index is 0.0250. The van der Waals surface area contributed by atoms with Crippen molar-refractivity contribution in [2.45, 2.75) is 51.2 Å². The second-order valence-corrected chi connectivity index (χ2v) is 8.53. The zero-order valence-corrected chi connectivity index (χ0v) is 18.0. The summed E-state index contributed by atoms with van der Waals surface area (Å²) in [4.78, 5) is 19.0. The summed E-state index contributed by atoms with van der Waals surface area (Å²) < 4.78 is 41.8. The molecule has 0 aliphatic carbocycles. The summed E-state index contributed by atoms with van der Waals surface area (Å²) in [7, 11) is 0. The van der Waals surface area contributed by atoms with Gasteiger partial charge in [-0.25, -0.2) is 4.98 Å². The van der Waals surface area contributed by atoms with Gasteiger partial charge in [0.15, 0.2) is 11.5 Å². The van der Waals surface area contributed by atoms with Crippen molar-refractivity contribution >= 4 is 22.8 Å². The number of pyridine rings is 1. The number of carbonyl (C=O) groups is 1. The van der Waals surface area contributed by atoms with Gasteiger partial charge in [0.2, 0.25) is 5.91 Å². The van der Waals surface area contributed by atoms with Gasteiger partial charge in [0.25, 0.3) is 0 Å². The number of aromatic nitrogens is 3. The number of benzene rings is 1. The molecule has 0 radical (unpaired) electrons. The molecule has 0 bridgehead atoms. The summed E-state index contributed by atoms with van der Waals surface area (Å²) in [5.74, 6) is -0.147. The Morgan fingerprint density at radius 3 is 2.72 bits per heavy atom. The van der Waals surface area contributed by atoms with E-state index in [0.29, 0.717) is 25.2 Å². The summed E-state index contributed by atoms with van der Waals surface area (Å²) in [6, 6.07) is 10.5. The minimum Gasteiger partial charge on any atom is -0.366 e. The van der Waals surface area contributed by atoms with Gasteiger partial charge in [-0.2, -0.15) is 18.3 Å². The zero-order chi connectivity index (χ0) is 22.9. The molecule has 1 fully saturated rings. The average Bonchev–Trinajstić information content (AvgIpc) is 3.15. The number of hydrogen-bond acceptors (Lipinski definition) is 4. The van der Waals surface area contributed by atoms with Crippen molar-refractivity contribution in [2.75, 3.05) is 18.4 Å². The highest BCUT2D eigenvalue weighted by atomic mass is 19.4. The molecule has 2 aromatic heterocycles. The topological polar surface area (TPSA) is 73.9 Å². The third-order valence-corrected chi connectivity index (χ3v) is 5.67. The van der Waals surface area contributed by atoms with Gasteiger partial charge in [-0.3, -0.25) is 9.89 Å². The lowest BCUT2D eigenvalue weighted by Gasteiger charge is -2.33. The number of nitrogens with one attached hydrogen (secondary N) is 2. The van der Waals surface area contributed by atoms with Crippen LogP contribution < -0.4 is 5.32 Å². The molecule has 6 nitrogen and oxygen atoms in total. The fraction of sp³-hybridized carbons (Fsp3) is 0.435. The number of H-pyrrole nitrogens is 1. The molecule has 1 aliphatic rings. The van der Waals surface area contributed by atoms with E-state index in [2.05, 4.69) is 20.5 Å². The van der Waals surface area contributed by atoms with Crippen LogP contribution in [0.5, 0.6) is 0 Å². The van der Waals surface area contributed by atoms with Crippen molar-refractivity contribution in [3.63, 3.8) is 0 Å². The van der Waals surface area contributed by atoms with Crippen LogP contribution in [0.1, 0.15) is 49.4 Å². The fourth-order valence-corrected chi connectivity index (χ4v) is 4.19. The maximum atomic E-state index is 13.9. The monoisotopic (exact) mass is 445 g/mol. The van der Waals surface area contributed by atoms with Gasteiger partial charge < -0.3 is 10.2 Å². The maximum Gasteiger partial charge on any atom is 0.417 e. The number of likely N-dealkylation sites (tertiary alicyclic amines) is 1. The molecule has 1 aromatic carbocycles. The number of carbonyl (C=O) groups excluding carboxylic acids is 1. The molecule has 1 atom stereocenters. The van der Waals surface area contributed by atoms with E-state index >= 15 is 0 Å². The Hall–Kier alpha value is -3.10.